The molecule has 2 aromatic heterocycles. The van der Waals surface area contributed by atoms with Gasteiger partial charge in [-0.1, -0.05) is 0 Å². The number of rotatable bonds is 7. The molecule has 25 heavy (non-hydrogen) atoms. The van der Waals surface area contributed by atoms with Crippen LogP contribution in [0.15, 0.2) is 6.07 Å². The highest BCUT2D eigenvalue weighted by molar-refractivity contribution is 5.76. The van der Waals surface area contributed by atoms with Crippen molar-refractivity contribution in [1.29, 1.82) is 0 Å². The molecule has 2 heterocycles. The van der Waals surface area contributed by atoms with E-state index in [-0.39, 0.29) is 11.3 Å². The van der Waals surface area contributed by atoms with Crippen molar-refractivity contribution in [3.63, 3.8) is 0 Å². The maximum absolute atomic E-state index is 12.3. The minimum absolute atomic E-state index is 0.127. The highest BCUT2D eigenvalue weighted by Crippen LogP contribution is 2.46. The van der Waals surface area contributed by atoms with Gasteiger partial charge in [0.2, 0.25) is 5.91 Å². The molecule has 136 valence electrons. The van der Waals surface area contributed by atoms with Crippen LogP contribution in [-0.2, 0) is 24.8 Å². The number of carbonyl (C=O) groups is 1. The lowest BCUT2D eigenvalue weighted by molar-refractivity contribution is -0.121. The van der Waals surface area contributed by atoms with Crippen molar-refractivity contribution in [2.45, 2.75) is 59.9 Å². The van der Waals surface area contributed by atoms with Gasteiger partial charge in [-0.15, -0.1) is 0 Å². The fourth-order valence-corrected chi connectivity index (χ4v) is 3.51. The van der Waals surface area contributed by atoms with Crippen molar-refractivity contribution >= 4 is 5.91 Å². The van der Waals surface area contributed by atoms with Crippen LogP contribution >= 0.6 is 0 Å². The fourth-order valence-electron chi connectivity index (χ4n) is 3.51. The average Bonchev–Trinajstić information content (AvgIpc) is 3.17. The van der Waals surface area contributed by atoms with Gasteiger partial charge in [-0.25, -0.2) is 0 Å². The molecule has 0 radical (unpaired) electrons. The third-order valence-corrected chi connectivity index (χ3v) is 5.47. The number of aryl methyl sites for hydroxylation is 4. The highest BCUT2D eigenvalue weighted by atomic mass is 16.1. The SMILES string of the molecule is Cc1cc(C)n(CC2(CNC(=O)CCc3c(C)nn(C)c3C)CC2)n1. The molecule has 0 spiro atoms. The van der Waals surface area contributed by atoms with Gasteiger partial charge in [-0.05, 0) is 58.6 Å². The van der Waals surface area contributed by atoms with Gasteiger partial charge in [0.25, 0.3) is 0 Å². The Morgan fingerprint density at radius 1 is 1.24 bits per heavy atom. The molecule has 0 aromatic carbocycles. The molecule has 1 aliphatic rings. The van der Waals surface area contributed by atoms with Gasteiger partial charge in [0.05, 0.1) is 11.4 Å². The van der Waals surface area contributed by atoms with E-state index in [2.05, 4.69) is 40.1 Å². The van der Waals surface area contributed by atoms with Crippen LogP contribution in [0.4, 0.5) is 0 Å². The standard InChI is InChI=1S/C19H29N5O/c1-13-10-14(2)24(21-13)12-19(8-9-19)11-20-18(25)7-6-17-15(3)22-23(5)16(17)4/h10H,6-9,11-12H2,1-5H3,(H,20,25). The number of hydrogen-bond acceptors (Lipinski definition) is 3. The van der Waals surface area contributed by atoms with Crippen molar-refractivity contribution in [3.8, 4) is 0 Å². The Balaban J connectivity index is 1.49. The Hall–Kier alpha value is -2.11. The summed E-state index contributed by atoms with van der Waals surface area (Å²) >= 11 is 0. The minimum Gasteiger partial charge on any atom is -0.355 e. The van der Waals surface area contributed by atoms with Crippen LogP contribution in [0.3, 0.4) is 0 Å². The van der Waals surface area contributed by atoms with E-state index in [0.717, 1.165) is 49.4 Å². The molecular weight excluding hydrogens is 314 g/mol. The molecule has 3 rings (SSSR count). The van der Waals surface area contributed by atoms with Gasteiger partial charge in [0.1, 0.15) is 0 Å². The van der Waals surface area contributed by atoms with E-state index in [1.807, 2.05) is 25.6 Å². The first-order valence-electron chi connectivity index (χ1n) is 9.06. The van der Waals surface area contributed by atoms with Gasteiger partial charge < -0.3 is 5.32 Å². The van der Waals surface area contributed by atoms with E-state index >= 15 is 0 Å². The Bertz CT molecular complexity index is 782. The minimum atomic E-state index is 0.127. The largest absolute Gasteiger partial charge is 0.355 e. The van der Waals surface area contributed by atoms with Crippen LogP contribution < -0.4 is 5.32 Å². The second-order valence-corrected chi connectivity index (χ2v) is 7.63. The number of amides is 1. The summed E-state index contributed by atoms with van der Waals surface area (Å²) in [7, 11) is 1.95. The fraction of sp³-hybridized carbons (Fsp3) is 0.632. The number of nitrogens with zero attached hydrogens (tertiary/aromatic N) is 4. The monoisotopic (exact) mass is 343 g/mol. The number of aromatic nitrogens is 4. The Morgan fingerprint density at radius 2 is 1.96 bits per heavy atom. The lowest BCUT2D eigenvalue weighted by atomic mass is 10.1. The number of nitrogens with one attached hydrogen (secondary N) is 1. The smallest absolute Gasteiger partial charge is 0.220 e. The number of carbonyl (C=O) groups excluding carboxylic acids is 1. The zero-order valence-electron chi connectivity index (χ0n) is 16.0. The quantitative estimate of drug-likeness (QED) is 0.839. The lowest BCUT2D eigenvalue weighted by Gasteiger charge is -2.17. The second kappa shape index (κ2) is 6.65. The first-order valence-corrected chi connectivity index (χ1v) is 9.06. The summed E-state index contributed by atoms with van der Waals surface area (Å²) in [4.78, 5) is 12.3. The van der Waals surface area contributed by atoms with E-state index < -0.39 is 0 Å². The van der Waals surface area contributed by atoms with Crippen LogP contribution in [0.25, 0.3) is 0 Å². The normalized spacial score (nSPS) is 15.4. The van der Waals surface area contributed by atoms with Crippen LogP contribution in [-0.4, -0.2) is 32.0 Å². The van der Waals surface area contributed by atoms with Crippen molar-refractivity contribution in [2.24, 2.45) is 12.5 Å². The molecule has 0 atom stereocenters. The van der Waals surface area contributed by atoms with Crippen molar-refractivity contribution in [2.75, 3.05) is 6.54 Å². The molecule has 6 heteroatoms. The zero-order chi connectivity index (χ0) is 18.2. The van der Waals surface area contributed by atoms with Crippen LogP contribution in [0.5, 0.6) is 0 Å². The molecule has 1 N–H and O–H groups in total. The van der Waals surface area contributed by atoms with Crippen molar-refractivity contribution in [1.82, 2.24) is 24.9 Å². The lowest BCUT2D eigenvalue weighted by Crippen LogP contribution is -2.32. The van der Waals surface area contributed by atoms with E-state index in [4.69, 9.17) is 0 Å². The Morgan fingerprint density at radius 3 is 2.48 bits per heavy atom. The molecule has 0 saturated heterocycles. The van der Waals surface area contributed by atoms with Gasteiger partial charge in [0, 0.05) is 43.4 Å². The van der Waals surface area contributed by atoms with E-state index in [9.17, 15) is 4.79 Å². The summed E-state index contributed by atoms with van der Waals surface area (Å²) in [6.45, 7) is 9.82. The molecule has 1 fully saturated rings. The third-order valence-electron chi connectivity index (χ3n) is 5.47. The van der Waals surface area contributed by atoms with Crippen LogP contribution in [0.2, 0.25) is 0 Å². The van der Waals surface area contributed by atoms with Gasteiger partial charge in [-0.2, -0.15) is 10.2 Å². The molecule has 1 amide bonds. The number of hydrogen-bond donors (Lipinski definition) is 1. The topological polar surface area (TPSA) is 64.7 Å². The second-order valence-electron chi connectivity index (χ2n) is 7.63. The maximum atomic E-state index is 12.3. The summed E-state index contributed by atoms with van der Waals surface area (Å²) in [5.41, 5.74) is 5.81. The summed E-state index contributed by atoms with van der Waals surface area (Å²) in [5.74, 6) is 0.127. The molecule has 0 unspecified atom stereocenters. The first-order chi connectivity index (χ1) is 11.8. The average molecular weight is 343 g/mol. The molecule has 6 nitrogen and oxygen atoms in total. The third kappa shape index (κ3) is 3.94. The Labute approximate surface area is 149 Å². The summed E-state index contributed by atoms with van der Waals surface area (Å²) in [6, 6.07) is 2.10. The van der Waals surface area contributed by atoms with Crippen molar-refractivity contribution in [3.05, 3.63) is 34.4 Å². The van der Waals surface area contributed by atoms with E-state index in [0.29, 0.717) is 6.42 Å². The van der Waals surface area contributed by atoms with Crippen LogP contribution in [0, 0.1) is 33.1 Å². The van der Waals surface area contributed by atoms with Gasteiger partial charge >= 0.3 is 0 Å². The predicted octanol–water partition coefficient (Wildman–Crippen LogP) is 2.38. The highest BCUT2D eigenvalue weighted by Gasteiger charge is 2.43. The molecular formula is C19H29N5O. The van der Waals surface area contributed by atoms with E-state index in [1.54, 1.807) is 0 Å². The van der Waals surface area contributed by atoms with Crippen LogP contribution in [0.1, 0.15) is 47.6 Å². The molecule has 2 aromatic rings. The molecule has 0 bridgehead atoms. The van der Waals surface area contributed by atoms with Gasteiger partial charge in [-0.3, -0.25) is 14.2 Å². The molecule has 1 aliphatic carbocycles. The maximum Gasteiger partial charge on any atom is 0.220 e. The summed E-state index contributed by atoms with van der Waals surface area (Å²) in [5, 5.41) is 12.1. The van der Waals surface area contributed by atoms with Gasteiger partial charge in [0.15, 0.2) is 0 Å². The molecule has 0 aliphatic heterocycles. The predicted molar refractivity (Wildman–Crippen MR) is 97.4 cm³/mol. The summed E-state index contributed by atoms with van der Waals surface area (Å²) < 4.78 is 3.97. The van der Waals surface area contributed by atoms with Crippen molar-refractivity contribution < 1.29 is 4.79 Å². The Kier molecular flexibility index (Phi) is 4.71. The zero-order valence-corrected chi connectivity index (χ0v) is 16.0. The molecule has 1 saturated carbocycles. The summed E-state index contributed by atoms with van der Waals surface area (Å²) in [6.07, 6.45) is 3.59. The first kappa shape index (κ1) is 17.7. The van der Waals surface area contributed by atoms with E-state index in [1.165, 1.54) is 11.3 Å².